The van der Waals surface area contributed by atoms with E-state index < -0.39 is 6.10 Å². The minimum Gasteiger partial charge on any atom is -0.393 e. The highest BCUT2D eigenvalue weighted by molar-refractivity contribution is 5.70. The van der Waals surface area contributed by atoms with Crippen LogP contribution in [-0.2, 0) is 4.74 Å². The number of hydrogen-bond acceptors (Lipinski definition) is 6. The molecule has 2 aromatic rings. The molecule has 8 heteroatoms. The zero-order valence-electron chi connectivity index (χ0n) is 10.0. The Bertz CT molecular complexity index is 704. The first-order chi connectivity index (χ1) is 9.11. The highest BCUT2D eigenvalue weighted by atomic mass is 16.5. The van der Waals surface area contributed by atoms with Gasteiger partial charge in [-0.1, -0.05) is 6.58 Å². The van der Waals surface area contributed by atoms with Crippen LogP contribution in [0.15, 0.2) is 23.3 Å². The molecule has 100 valence electrons. The average Bonchev–Trinajstić information content (AvgIpc) is 2.92. The van der Waals surface area contributed by atoms with E-state index in [9.17, 15) is 4.79 Å². The normalized spacial score (nSPS) is 23.3. The Balaban J connectivity index is 2.12. The highest BCUT2D eigenvalue weighted by Crippen LogP contribution is 2.30. The number of nitrogens with one attached hydrogen (secondary N) is 1. The molecule has 1 aliphatic rings. The van der Waals surface area contributed by atoms with Crippen molar-refractivity contribution in [2.75, 3.05) is 18.9 Å². The Labute approximate surface area is 107 Å². The first-order valence-electron chi connectivity index (χ1n) is 5.75. The number of ether oxygens (including phenoxy) is 1. The van der Waals surface area contributed by atoms with Gasteiger partial charge in [0.1, 0.15) is 6.10 Å². The molecule has 0 aliphatic carbocycles. The molecule has 8 nitrogen and oxygen atoms in total. The van der Waals surface area contributed by atoms with E-state index in [2.05, 4.69) is 21.5 Å². The lowest BCUT2D eigenvalue weighted by atomic mass is 10.1. The van der Waals surface area contributed by atoms with Crippen LogP contribution < -0.4 is 11.3 Å². The Morgan fingerprint density at radius 3 is 3.16 bits per heavy atom. The third kappa shape index (κ3) is 1.72. The van der Waals surface area contributed by atoms with Crippen molar-refractivity contribution in [3.05, 3.63) is 28.8 Å². The van der Waals surface area contributed by atoms with Gasteiger partial charge in [0, 0.05) is 0 Å². The summed E-state index contributed by atoms with van der Waals surface area (Å²) in [6.45, 7) is 4.14. The van der Waals surface area contributed by atoms with Crippen LogP contribution in [0.1, 0.15) is 6.04 Å². The number of nitrogen functional groups attached to an aromatic ring is 1. The SMILES string of the molecule is C=C1[C@H](CO)OC[C@@H]1n1cnc2c(=O)[nH]c(N)nc21. The van der Waals surface area contributed by atoms with Gasteiger partial charge >= 0.3 is 0 Å². The molecule has 19 heavy (non-hydrogen) atoms. The average molecular weight is 263 g/mol. The zero-order chi connectivity index (χ0) is 13.6. The quantitative estimate of drug-likeness (QED) is 0.610. The number of aliphatic hydroxyl groups excluding tert-OH is 1. The number of nitrogens with two attached hydrogens (primary N) is 1. The lowest BCUT2D eigenvalue weighted by Gasteiger charge is -2.13. The van der Waals surface area contributed by atoms with E-state index >= 15 is 0 Å². The number of fused-ring (bicyclic) bond motifs is 1. The molecule has 1 saturated heterocycles. The third-order valence-corrected chi connectivity index (χ3v) is 3.25. The monoisotopic (exact) mass is 263 g/mol. The second-order valence-electron chi connectivity index (χ2n) is 4.37. The summed E-state index contributed by atoms with van der Waals surface area (Å²) in [4.78, 5) is 22.2. The van der Waals surface area contributed by atoms with Crippen molar-refractivity contribution in [1.82, 2.24) is 19.5 Å². The number of anilines is 1. The topological polar surface area (TPSA) is 119 Å². The van der Waals surface area contributed by atoms with E-state index in [0.717, 1.165) is 5.57 Å². The Kier molecular flexibility index (Phi) is 2.61. The van der Waals surface area contributed by atoms with Crippen LogP contribution in [0.4, 0.5) is 5.95 Å². The van der Waals surface area contributed by atoms with Crippen LogP contribution in [0.5, 0.6) is 0 Å². The van der Waals surface area contributed by atoms with Gasteiger partial charge in [0.05, 0.1) is 25.6 Å². The smallest absolute Gasteiger partial charge is 0.280 e. The largest absolute Gasteiger partial charge is 0.393 e. The molecule has 0 spiro atoms. The summed E-state index contributed by atoms with van der Waals surface area (Å²) in [6.07, 6.45) is 1.10. The molecule has 0 aromatic carbocycles. The molecular weight excluding hydrogens is 250 g/mol. The number of aliphatic hydroxyl groups is 1. The van der Waals surface area contributed by atoms with Crippen molar-refractivity contribution in [2.24, 2.45) is 0 Å². The Morgan fingerprint density at radius 2 is 2.47 bits per heavy atom. The predicted molar refractivity (Wildman–Crippen MR) is 67.6 cm³/mol. The van der Waals surface area contributed by atoms with E-state index in [1.807, 2.05) is 0 Å². The van der Waals surface area contributed by atoms with Crippen LogP contribution >= 0.6 is 0 Å². The summed E-state index contributed by atoms with van der Waals surface area (Å²) >= 11 is 0. The molecule has 0 radical (unpaired) electrons. The van der Waals surface area contributed by atoms with Crippen molar-refractivity contribution < 1.29 is 9.84 Å². The summed E-state index contributed by atoms with van der Waals surface area (Å²) in [7, 11) is 0. The maximum absolute atomic E-state index is 11.7. The fourth-order valence-electron chi connectivity index (χ4n) is 2.24. The van der Waals surface area contributed by atoms with E-state index in [1.165, 1.54) is 6.33 Å². The summed E-state index contributed by atoms with van der Waals surface area (Å²) in [6, 6.07) is -0.212. The second kappa shape index (κ2) is 4.18. The Hall–Kier alpha value is -2.19. The van der Waals surface area contributed by atoms with E-state index in [0.29, 0.717) is 12.3 Å². The number of hydrogen-bond donors (Lipinski definition) is 3. The maximum Gasteiger partial charge on any atom is 0.280 e. The first kappa shape index (κ1) is 11.9. The minimum atomic E-state index is -0.401. The lowest BCUT2D eigenvalue weighted by Crippen LogP contribution is -2.16. The van der Waals surface area contributed by atoms with Crippen molar-refractivity contribution in [3.8, 4) is 0 Å². The second-order valence-corrected chi connectivity index (χ2v) is 4.37. The van der Waals surface area contributed by atoms with Crippen LogP contribution in [0.3, 0.4) is 0 Å². The van der Waals surface area contributed by atoms with Gasteiger partial charge in [-0.25, -0.2) is 4.98 Å². The summed E-state index contributed by atoms with van der Waals surface area (Å²) in [5.74, 6) is 0.0301. The molecule has 0 amide bonds. The van der Waals surface area contributed by atoms with E-state index in [4.69, 9.17) is 15.6 Å². The molecule has 2 atom stereocenters. The number of aromatic amines is 1. The van der Waals surface area contributed by atoms with E-state index in [-0.39, 0.29) is 29.7 Å². The number of imidazole rings is 1. The van der Waals surface area contributed by atoms with Crippen LogP contribution in [0.25, 0.3) is 11.2 Å². The van der Waals surface area contributed by atoms with Gasteiger partial charge in [0.15, 0.2) is 11.2 Å². The van der Waals surface area contributed by atoms with Crippen molar-refractivity contribution in [3.63, 3.8) is 0 Å². The number of aromatic nitrogens is 4. The fraction of sp³-hybridized carbons (Fsp3) is 0.364. The standard InChI is InChI=1S/C11H13N5O3/c1-5-6(3-19-7(5)2-17)16-4-13-8-9(16)14-11(12)15-10(8)18/h4,6-7,17H,1-3H2,(H3,12,14,15,18)/t6-,7-/m0/s1. The molecule has 3 rings (SSSR count). The Morgan fingerprint density at radius 1 is 1.68 bits per heavy atom. The third-order valence-electron chi connectivity index (χ3n) is 3.25. The molecule has 2 aromatic heterocycles. The van der Waals surface area contributed by atoms with Gasteiger partial charge < -0.3 is 20.1 Å². The molecule has 1 fully saturated rings. The first-order valence-corrected chi connectivity index (χ1v) is 5.75. The van der Waals surface area contributed by atoms with Gasteiger partial charge in [0.2, 0.25) is 5.95 Å². The van der Waals surface area contributed by atoms with Gasteiger partial charge in [0.25, 0.3) is 5.56 Å². The van der Waals surface area contributed by atoms with Crippen LogP contribution in [0, 0.1) is 0 Å². The number of rotatable bonds is 2. The van der Waals surface area contributed by atoms with Crippen LogP contribution in [0.2, 0.25) is 0 Å². The van der Waals surface area contributed by atoms with Crippen molar-refractivity contribution >= 4 is 17.1 Å². The molecule has 0 saturated carbocycles. The fourth-order valence-corrected chi connectivity index (χ4v) is 2.24. The maximum atomic E-state index is 11.7. The molecule has 0 bridgehead atoms. The molecular formula is C11H13N5O3. The molecule has 0 unspecified atom stereocenters. The molecule has 1 aliphatic heterocycles. The van der Waals surface area contributed by atoms with Crippen LogP contribution in [-0.4, -0.2) is 43.9 Å². The highest BCUT2D eigenvalue weighted by Gasteiger charge is 2.31. The predicted octanol–water partition coefficient (Wildman–Crippen LogP) is -0.810. The van der Waals surface area contributed by atoms with E-state index in [1.54, 1.807) is 4.57 Å². The van der Waals surface area contributed by atoms with Gasteiger partial charge in [-0.15, -0.1) is 0 Å². The van der Waals surface area contributed by atoms with Crippen molar-refractivity contribution in [2.45, 2.75) is 12.1 Å². The lowest BCUT2D eigenvalue weighted by molar-refractivity contribution is 0.0689. The number of H-pyrrole nitrogens is 1. The summed E-state index contributed by atoms with van der Waals surface area (Å²) in [5, 5.41) is 9.15. The summed E-state index contributed by atoms with van der Waals surface area (Å²) < 4.78 is 7.11. The summed E-state index contributed by atoms with van der Waals surface area (Å²) in [5.41, 5.74) is 6.48. The number of nitrogens with zero attached hydrogens (tertiary/aromatic N) is 3. The van der Waals surface area contributed by atoms with Gasteiger partial charge in [-0.3, -0.25) is 9.78 Å². The van der Waals surface area contributed by atoms with Crippen molar-refractivity contribution in [1.29, 1.82) is 0 Å². The zero-order valence-corrected chi connectivity index (χ0v) is 10.0. The van der Waals surface area contributed by atoms with Gasteiger partial charge in [-0.2, -0.15) is 4.98 Å². The minimum absolute atomic E-state index is 0.0301. The van der Waals surface area contributed by atoms with Gasteiger partial charge in [-0.05, 0) is 5.57 Å². The molecule has 4 N–H and O–H groups in total. The molecule has 3 heterocycles.